The Morgan fingerprint density at radius 3 is 2.68 bits per heavy atom. The van der Waals surface area contributed by atoms with Gasteiger partial charge in [-0.15, -0.1) is 0 Å². The van der Waals surface area contributed by atoms with Gasteiger partial charge in [-0.2, -0.15) is 0 Å². The summed E-state index contributed by atoms with van der Waals surface area (Å²) in [5.74, 6) is 0.0329. The summed E-state index contributed by atoms with van der Waals surface area (Å²) in [6.45, 7) is 5.28. The summed E-state index contributed by atoms with van der Waals surface area (Å²) in [7, 11) is 0. The third kappa shape index (κ3) is 6.73. The molecular formula is C15H28N2O2. The number of allylic oxidation sites excluding steroid dienone is 1. The number of hydrogen-bond donors (Lipinski definition) is 2. The van der Waals surface area contributed by atoms with E-state index < -0.39 is 0 Å². The average Bonchev–Trinajstić information content (AvgIpc) is 2.40. The van der Waals surface area contributed by atoms with Crippen LogP contribution in [0.25, 0.3) is 0 Å². The van der Waals surface area contributed by atoms with Crippen LogP contribution in [0.3, 0.4) is 0 Å². The molecule has 1 aliphatic rings. The molecule has 4 nitrogen and oxygen atoms in total. The minimum absolute atomic E-state index is 0.0329. The summed E-state index contributed by atoms with van der Waals surface area (Å²) in [4.78, 5) is 11.6. The molecule has 1 amide bonds. The second kappa shape index (κ2) is 9.10. The number of nitrogens with two attached hydrogens (primary N) is 1. The molecule has 1 rings (SSSR count). The van der Waals surface area contributed by atoms with Crippen molar-refractivity contribution in [2.45, 2.75) is 64.5 Å². The third-order valence-corrected chi connectivity index (χ3v) is 3.55. The zero-order valence-electron chi connectivity index (χ0n) is 12.3. The first kappa shape index (κ1) is 16.2. The van der Waals surface area contributed by atoms with Crippen LogP contribution in [0.2, 0.25) is 0 Å². The molecule has 0 unspecified atom stereocenters. The summed E-state index contributed by atoms with van der Waals surface area (Å²) in [6.07, 6.45) is 8.37. The molecule has 0 aromatic heterocycles. The summed E-state index contributed by atoms with van der Waals surface area (Å²) in [6, 6.07) is 0.368. The lowest BCUT2D eigenvalue weighted by atomic mass is 9.94. The lowest BCUT2D eigenvalue weighted by Crippen LogP contribution is -2.31. The smallest absolute Gasteiger partial charge is 0.246 e. The fourth-order valence-electron chi connectivity index (χ4n) is 2.32. The summed E-state index contributed by atoms with van der Waals surface area (Å²) in [5.41, 5.74) is 6.65. The van der Waals surface area contributed by atoms with E-state index >= 15 is 0 Å². The number of rotatable bonds is 7. The van der Waals surface area contributed by atoms with Crippen LogP contribution in [0, 0.1) is 0 Å². The maximum Gasteiger partial charge on any atom is 0.246 e. The first-order valence-corrected chi connectivity index (χ1v) is 7.45. The minimum Gasteiger partial charge on any atom is -0.378 e. The summed E-state index contributed by atoms with van der Waals surface area (Å²) >= 11 is 0. The molecule has 0 aliphatic heterocycles. The van der Waals surface area contributed by atoms with Crippen LogP contribution in [0.15, 0.2) is 11.6 Å². The lowest BCUT2D eigenvalue weighted by Gasteiger charge is -2.26. The fraction of sp³-hybridized carbons (Fsp3) is 0.800. The van der Waals surface area contributed by atoms with Gasteiger partial charge in [0, 0.05) is 24.8 Å². The fourth-order valence-corrected chi connectivity index (χ4v) is 2.32. The van der Waals surface area contributed by atoms with Crippen LogP contribution in [0.5, 0.6) is 0 Å². The van der Waals surface area contributed by atoms with Crippen LogP contribution in [0.4, 0.5) is 0 Å². The van der Waals surface area contributed by atoms with E-state index in [-0.39, 0.29) is 5.91 Å². The van der Waals surface area contributed by atoms with E-state index in [9.17, 15) is 4.79 Å². The third-order valence-electron chi connectivity index (χ3n) is 3.55. The Labute approximate surface area is 116 Å². The number of ether oxygens (including phenoxy) is 1. The van der Waals surface area contributed by atoms with Crippen molar-refractivity contribution < 1.29 is 9.53 Å². The number of carbonyl (C=O) groups excluding carboxylic acids is 1. The van der Waals surface area contributed by atoms with E-state index in [4.69, 9.17) is 10.5 Å². The van der Waals surface area contributed by atoms with Gasteiger partial charge in [-0.05, 0) is 45.4 Å². The Balaban J connectivity index is 2.02. The highest BCUT2D eigenvalue weighted by Gasteiger charge is 2.18. The minimum atomic E-state index is 0.0329. The van der Waals surface area contributed by atoms with Crippen LogP contribution in [-0.2, 0) is 9.53 Å². The largest absolute Gasteiger partial charge is 0.378 e. The molecule has 0 saturated heterocycles. The molecule has 0 radical (unpaired) electrons. The second-order valence-electron chi connectivity index (χ2n) is 5.31. The molecule has 1 aliphatic carbocycles. The van der Waals surface area contributed by atoms with Crippen LogP contribution in [-0.4, -0.2) is 31.2 Å². The van der Waals surface area contributed by atoms with Crippen molar-refractivity contribution in [2.24, 2.45) is 5.73 Å². The van der Waals surface area contributed by atoms with Crippen molar-refractivity contribution in [1.82, 2.24) is 5.32 Å². The molecule has 19 heavy (non-hydrogen) atoms. The summed E-state index contributed by atoms with van der Waals surface area (Å²) < 4.78 is 5.80. The molecule has 3 N–H and O–H groups in total. The van der Waals surface area contributed by atoms with Gasteiger partial charge in [0.25, 0.3) is 0 Å². The van der Waals surface area contributed by atoms with E-state index in [0.717, 1.165) is 50.7 Å². The molecule has 1 saturated carbocycles. The number of nitrogens with one attached hydrogen (secondary N) is 1. The molecule has 110 valence electrons. The average molecular weight is 268 g/mol. The van der Waals surface area contributed by atoms with Gasteiger partial charge in [0.15, 0.2) is 0 Å². The maximum absolute atomic E-state index is 11.6. The predicted molar refractivity (Wildman–Crippen MR) is 77.9 cm³/mol. The molecular weight excluding hydrogens is 240 g/mol. The Morgan fingerprint density at radius 2 is 2.05 bits per heavy atom. The Morgan fingerprint density at radius 1 is 1.37 bits per heavy atom. The molecule has 0 spiro atoms. The number of amides is 1. The zero-order chi connectivity index (χ0) is 14.1. The van der Waals surface area contributed by atoms with Crippen molar-refractivity contribution in [3.8, 4) is 0 Å². The van der Waals surface area contributed by atoms with Crippen molar-refractivity contribution in [2.75, 3.05) is 13.2 Å². The summed E-state index contributed by atoms with van der Waals surface area (Å²) in [5, 5.41) is 2.90. The predicted octanol–water partition coefficient (Wildman–Crippen LogP) is 2.14. The molecule has 0 aromatic rings. The van der Waals surface area contributed by atoms with Gasteiger partial charge < -0.3 is 15.8 Å². The van der Waals surface area contributed by atoms with Crippen molar-refractivity contribution in [3.63, 3.8) is 0 Å². The lowest BCUT2D eigenvalue weighted by molar-refractivity contribution is -0.117. The highest BCUT2D eigenvalue weighted by atomic mass is 16.5. The van der Waals surface area contributed by atoms with E-state index in [1.165, 1.54) is 0 Å². The van der Waals surface area contributed by atoms with Gasteiger partial charge in [0.1, 0.15) is 0 Å². The van der Waals surface area contributed by atoms with Crippen LogP contribution >= 0.6 is 0 Å². The molecule has 4 heteroatoms. The highest BCUT2D eigenvalue weighted by molar-refractivity contribution is 5.92. The van der Waals surface area contributed by atoms with Gasteiger partial charge in [-0.3, -0.25) is 4.79 Å². The van der Waals surface area contributed by atoms with Crippen LogP contribution < -0.4 is 11.1 Å². The van der Waals surface area contributed by atoms with E-state index in [1.54, 1.807) is 0 Å². The molecule has 1 fully saturated rings. The quantitative estimate of drug-likeness (QED) is 0.549. The van der Waals surface area contributed by atoms with Gasteiger partial charge in [0.05, 0.1) is 6.10 Å². The Bertz CT molecular complexity index is 295. The molecule has 0 aromatic carbocycles. The van der Waals surface area contributed by atoms with Crippen LogP contribution in [0.1, 0.15) is 52.4 Å². The van der Waals surface area contributed by atoms with E-state index in [2.05, 4.69) is 5.32 Å². The van der Waals surface area contributed by atoms with Gasteiger partial charge in [0.2, 0.25) is 5.91 Å². The highest BCUT2D eigenvalue weighted by Crippen LogP contribution is 2.19. The Kier molecular flexibility index (Phi) is 7.75. The zero-order valence-corrected chi connectivity index (χ0v) is 12.3. The SMILES string of the molecule is CCC=C(C)C(=O)NCCCOC1CCC(N)CC1. The van der Waals surface area contributed by atoms with Crippen molar-refractivity contribution in [1.29, 1.82) is 0 Å². The van der Waals surface area contributed by atoms with Gasteiger partial charge >= 0.3 is 0 Å². The molecule has 0 atom stereocenters. The van der Waals surface area contributed by atoms with Crippen molar-refractivity contribution in [3.05, 3.63) is 11.6 Å². The maximum atomic E-state index is 11.6. The topological polar surface area (TPSA) is 64.3 Å². The number of carbonyl (C=O) groups is 1. The first-order valence-electron chi connectivity index (χ1n) is 7.45. The van der Waals surface area contributed by atoms with Gasteiger partial charge in [-0.25, -0.2) is 0 Å². The van der Waals surface area contributed by atoms with Gasteiger partial charge in [-0.1, -0.05) is 13.0 Å². The normalized spacial score (nSPS) is 24.3. The Hall–Kier alpha value is -0.870. The monoisotopic (exact) mass is 268 g/mol. The van der Waals surface area contributed by atoms with Crippen molar-refractivity contribution >= 4 is 5.91 Å². The second-order valence-corrected chi connectivity index (χ2v) is 5.31. The van der Waals surface area contributed by atoms with E-state index in [0.29, 0.717) is 18.7 Å². The first-order chi connectivity index (χ1) is 9.13. The standard InChI is InChI=1S/C15H28N2O2/c1-3-5-12(2)15(18)17-10-4-11-19-14-8-6-13(16)7-9-14/h5,13-14H,3-4,6-11,16H2,1-2H3,(H,17,18). The molecule has 0 bridgehead atoms. The number of hydrogen-bond acceptors (Lipinski definition) is 3. The molecule has 0 heterocycles. The van der Waals surface area contributed by atoms with E-state index in [1.807, 2.05) is 19.9 Å².